The summed E-state index contributed by atoms with van der Waals surface area (Å²) >= 11 is 5.45. The highest BCUT2D eigenvalue weighted by atomic mass is 127. The summed E-state index contributed by atoms with van der Waals surface area (Å²) in [6.45, 7) is 1.55. The van der Waals surface area contributed by atoms with E-state index in [2.05, 4.69) is 10.6 Å². The van der Waals surface area contributed by atoms with Gasteiger partial charge in [-0.15, -0.1) is 0 Å². The van der Waals surface area contributed by atoms with Gasteiger partial charge in [0.25, 0.3) is 17.7 Å². The molecule has 0 saturated heterocycles. The summed E-state index contributed by atoms with van der Waals surface area (Å²) in [5, 5.41) is 23.4. The Balaban J connectivity index is 3.52. The topological polar surface area (TPSA) is 168 Å². The number of anilines is 1. The highest BCUT2D eigenvalue weighted by molar-refractivity contribution is 14.1. The summed E-state index contributed by atoms with van der Waals surface area (Å²) in [4.78, 5) is 48.2. The predicted molar refractivity (Wildman–Crippen MR) is 128 cm³/mol. The molecule has 0 aliphatic carbocycles. The molecular weight excluding hydrogens is 727 g/mol. The smallest absolute Gasteiger partial charge is 0.303 e. The zero-order valence-corrected chi connectivity index (χ0v) is 21.7. The fourth-order valence-corrected chi connectivity index (χ4v) is 6.58. The number of ether oxygens (including phenoxy) is 1. The van der Waals surface area contributed by atoms with Crippen molar-refractivity contribution in [3.63, 3.8) is 0 Å². The summed E-state index contributed by atoms with van der Waals surface area (Å²) in [5.74, 6) is -2.79. The van der Waals surface area contributed by atoms with Crippen LogP contribution in [0.1, 0.15) is 34.6 Å². The number of rotatable bonds is 8. The third-order valence-electron chi connectivity index (χ3n) is 3.53. The quantitative estimate of drug-likeness (QED) is 0.192. The van der Waals surface area contributed by atoms with Gasteiger partial charge in [0, 0.05) is 10.5 Å². The molecule has 29 heavy (non-hydrogen) atoms. The highest BCUT2D eigenvalue weighted by Gasteiger charge is 2.29. The predicted octanol–water partition coefficient (Wildman–Crippen LogP) is 0.572. The second-order valence-electron chi connectivity index (χ2n) is 5.71. The van der Waals surface area contributed by atoms with E-state index in [9.17, 15) is 29.4 Å². The molecule has 10 nitrogen and oxygen atoms in total. The van der Waals surface area contributed by atoms with Gasteiger partial charge in [-0.2, -0.15) is 0 Å². The maximum atomic E-state index is 12.7. The molecule has 0 heterocycles. The van der Waals surface area contributed by atoms with Gasteiger partial charge in [0.15, 0.2) is 6.10 Å². The van der Waals surface area contributed by atoms with E-state index in [4.69, 9.17) is 10.5 Å². The van der Waals surface area contributed by atoms with Crippen LogP contribution in [0.2, 0.25) is 0 Å². The van der Waals surface area contributed by atoms with Crippen molar-refractivity contribution >= 4 is 97.2 Å². The molecule has 1 atom stereocenters. The van der Waals surface area contributed by atoms with Gasteiger partial charge in [-0.1, -0.05) is 0 Å². The first-order chi connectivity index (χ1) is 13.5. The Bertz CT molecular complexity index is 844. The number of nitrogens with two attached hydrogens (primary N) is 1. The first-order valence-electron chi connectivity index (χ1n) is 7.97. The molecule has 0 aromatic heterocycles. The lowest BCUT2D eigenvalue weighted by Crippen LogP contribution is -2.41. The van der Waals surface area contributed by atoms with Gasteiger partial charge in [0.2, 0.25) is 0 Å². The fraction of sp³-hybridized carbons (Fsp3) is 0.375. The Hall–Kier alpha value is -0.790. The first kappa shape index (κ1) is 26.2. The van der Waals surface area contributed by atoms with Crippen molar-refractivity contribution in [3.8, 4) is 0 Å². The Morgan fingerprint density at radius 1 is 1.03 bits per heavy atom. The normalized spacial score (nSPS) is 11.7. The molecule has 1 unspecified atom stereocenters. The molecule has 0 aliphatic heterocycles. The molecule has 160 valence electrons. The van der Waals surface area contributed by atoms with Gasteiger partial charge >= 0.3 is 5.97 Å². The SMILES string of the molecule is CC(=O)OC(C)C(=O)Nc1c(I)c(C(N)=O)c(I)c(C(=O)NC(CO)CO)c1I. The van der Waals surface area contributed by atoms with Crippen molar-refractivity contribution in [1.29, 1.82) is 0 Å². The summed E-state index contributed by atoms with van der Waals surface area (Å²) in [6, 6.07) is -0.910. The van der Waals surface area contributed by atoms with Crippen LogP contribution in [0.4, 0.5) is 5.69 Å². The maximum absolute atomic E-state index is 12.7. The van der Waals surface area contributed by atoms with Crippen molar-refractivity contribution in [2.45, 2.75) is 26.0 Å². The highest BCUT2D eigenvalue weighted by Crippen LogP contribution is 2.35. The van der Waals surface area contributed by atoms with Crippen LogP contribution in [0, 0.1) is 10.7 Å². The van der Waals surface area contributed by atoms with Crippen molar-refractivity contribution < 1.29 is 34.1 Å². The minimum Gasteiger partial charge on any atom is -0.453 e. The zero-order valence-electron chi connectivity index (χ0n) is 15.2. The molecule has 0 spiro atoms. The molecule has 13 heteroatoms. The molecule has 1 rings (SSSR count). The van der Waals surface area contributed by atoms with Crippen LogP contribution < -0.4 is 16.4 Å². The third-order valence-corrected chi connectivity index (χ3v) is 6.76. The number of carbonyl (C=O) groups excluding carboxylic acids is 4. The largest absolute Gasteiger partial charge is 0.453 e. The molecule has 1 aromatic carbocycles. The van der Waals surface area contributed by atoms with E-state index in [0.29, 0.717) is 7.14 Å². The van der Waals surface area contributed by atoms with Crippen molar-refractivity contribution in [2.24, 2.45) is 5.73 Å². The number of esters is 1. The van der Waals surface area contributed by atoms with Crippen LogP contribution in [0.25, 0.3) is 0 Å². The molecule has 0 radical (unpaired) electrons. The minimum atomic E-state index is -1.11. The maximum Gasteiger partial charge on any atom is 0.303 e. The van der Waals surface area contributed by atoms with Crippen molar-refractivity contribution in [2.75, 3.05) is 18.5 Å². The van der Waals surface area contributed by atoms with Gasteiger partial charge in [0.1, 0.15) is 0 Å². The van der Waals surface area contributed by atoms with Gasteiger partial charge < -0.3 is 31.3 Å². The van der Waals surface area contributed by atoms with Crippen LogP contribution >= 0.6 is 67.8 Å². The molecule has 3 amide bonds. The first-order valence-corrected chi connectivity index (χ1v) is 11.2. The molecule has 0 fully saturated rings. The molecule has 0 aliphatic rings. The van der Waals surface area contributed by atoms with Crippen LogP contribution in [0.5, 0.6) is 0 Å². The van der Waals surface area contributed by atoms with Crippen LogP contribution in [-0.2, 0) is 14.3 Å². The Kier molecular flexibility index (Phi) is 10.5. The Morgan fingerprint density at radius 2 is 1.55 bits per heavy atom. The molecule has 0 bridgehead atoms. The number of halogens is 3. The fourth-order valence-electron chi connectivity index (χ4n) is 2.12. The van der Waals surface area contributed by atoms with Crippen LogP contribution in [-0.4, -0.2) is 59.3 Å². The summed E-state index contributed by atoms with van der Waals surface area (Å²) < 4.78 is 5.71. The van der Waals surface area contributed by atoms with E-state index in [-0.39, 0.29) is 20.4 Å². The molecule has 6 N–H and O–H groups in total. The second-order valence-corrected chi connectivity index (χ2v) is 8.94. The average Bonchev–Trinajstić information content (AvgIpc) is 2.61. The Morgan fingerprint density at radius 3 is 2.00 bits per heavy atom. The number of primary amides is 1. The van der Waals surface area contributed by atoms with E-state index < -0.39 is 49.1 Å². The lowest BCUT2D eigenvalue weighted by atomic mass is 10.1. The number of aliphatic hydroxyl groups excluding tert-OH is 2. The van der Waals surface area contributed by atoms with Crippen LogP contribution in [0.15, 0.2) is 0 Å². The molecular formula is C16H18I3N3O7. The van der Waals surface area contributed by atoms with Gasteiger partial charge in [-0.3, -0.25) is 19.2 Å². The number of hydrogen-bond donors (Lipinski definition) is 5. The third kappa shape index (κ3) is 6.59. The summed E-state index contributed by atoms with van der Waals surface area (Å²) in [5.41, 5.74) is 5.69. The number of carbonyl (C=O) groups is 4. The molecule has 0 saturated carbocycles. The van der Waals surface area contributed by atoms with E-state index in [1.54, 1.807) is 22.6 Å². The number of nitrogens with one attached hydrogen (secondary N) is 2. The van der Waals surface area contributed by atoms with E-state index in [1.165, 1.54) is 6.92 Å². The summed E-state index contributed by atoms with van der Waals surface area (Å²) in [7, 11) is 0. The van der Waals surface area contributed by atoms with Crippen molar-refractivity contribution in [3.05, 3.63) is 21.8 Å². The number of benzene rings is 1. The van der Waals surface area contributed by atoms with E-state index in [0.717, 1.165) is 6.92 Å². The van der Waals surface area contributed by atoms with Crippen LogP contribution in [0.3, 0.4) is 0 Å². The lowest BCUT2D eigenvalue weighted by molar-refractivity contribution is -0.150. The van der Waals surface area contributed by atoms with Gasteiger partial charge in [-0.25, -0.2) is 0 Å². The number of amides is 3. The number of aliphatic hydroxyl groups is 2. The monoisotopic (exact) mass is 745 g/mol. The molecule has 1 aromatic rings. The van der Waals surface area contributed by atoms with Crippen molar-refractivity contribution in [1.82, 2.24) is 5.32 Å². The van der Waals surface area contributed by atoms with Gasteiger partial charge in [-0.05, 0) is 74.7 Å². The Labute approximate surface area is 207 Å². The summed E-state index contributed by atoms with van der Waals surface area (Å²) in [6.07, 6.45) is -1.11. The minimum absolute atomic E-state index is 0.0248. The second kappa shape index (κ2) is 11.6. The lowest BCUT2D eigenvalue weighted by Gasteiger charge is -2.21. The average molecular weight is 745 g/mol. The standard InChI is InChI=1S/C16H18I3N3O7/c1-5(29-6(2)25)15(27)22-13-11(18)8(14(20)26)10(17)9(12(13)19)16(28)21-7(3-23)4-24/h5,7,23-24H,3-4H2,1-2H3,(H2,20,26)(H,21,28)(H,22,27). The number of hydrogen-bond acceptors (Lipinski definition) is 7. The van der Waals surface area contributed by atoms with E-state index >= 15 is 0 Å². The van der Waals surface area contributed by atoms with Gasteiger partial charge in [0.05, 0.1) is 43.2 Å². The zero-order chi connectivity index (χ0) is 22.5. The van der Waals surface area contributed by atoms with E-state index in [1.807, 2.05) is 45.2 Å².